The lowest BCUT2D eigenvalue weighted by Crippen LogP contribution is -1.67. The molecule has 0 atom stereocenters. The van der Waals surface area contributed by atoms with Crippen LogP contribution < -0.4 is 0 Å². The first-order chi connectivity index (χ1) is 10.1. The van der Waals surface area contributed by atoms with Gasteiger partial charge in [0, 0.05) is 0 Å². The van der Waals surface area contributed by atoms with Gasteiger partial charge in [0.2, 0.25) is 0 Å². The van der Waals surface area contributed by atoms with Crippen LogP contribution in [0.25, 0.3) is 0 Å². The highest BCUT2D eigenvalue weighted by atomic mass is 13.8. The monoisotopic (exact) mass is 300 g/mol. The van der Waals surface area contributed by atoms with Gasteiger partial charge < -0.3 is 0 Å². The standard InChI is InChI=1S/2C6H10.2C5H8/c1-5(2)6(3)4;1-4-6(3)5-2;1-4-5(2)3;1-3-5-4-2/h1,3H2,2,4H3;4H,1,3,5H2,2H3;4H,1-2H2,3H3;3-5H,1H2,2H3/b;;;5-4+. The summed E-state index contributed by atoms with van der Waals surface area (Å²) < 4.78 is 0. The van der Waals surface area contributed by atoms with E-state index in [0.29, 0.717) is 0 Å². The predicted octanol–water partition coefficient (Wildman–Crippen LogP) is 7.77. The third kappa shape index (κ3) is 52.1. The van der Waals surface area contributed by atoms with Gasteiger partial charge in [0.25, 0.3) is 0 Å². The molecule has 0 heteroatoms. The molecule has 0 amide bonds. The van der Waals surface area contributed by atoms with E-state index in [1.54, 1.807) is 18.2 Å². The summed E-state index contributed by atoms with van der Waals surface area (Å²) >= 11 is 0. The first-order valence-electron chi connectivity index (χ1n) is 7.27. The second-order valence-electron chi connectivity index (χ2n) is 4.59. The van der Waals surface area contributed by atoms with Crippen LogP contribution in [0.1, 0.15) is 41.0 Å². The highest BCUT2D eigenvalue weighted by Crippen LogP contribution is 1.98. The van der Waals surface area contributed by atoms with Gasteiger partial charge in [0.15, 0.2) is 0 Å². The molecule has 0 nitrogen and oxygen atoms in total. The topological polar surface area (TPSA) is 0 Å². The minimum Gasteiger partial charge on any atom is -0.0991 e. The Morgan fingerprint density at radius 1 is 0.818 bits per heavy atom. The molecule has 0 bridgehead atoms. The molecule has 0 N–H and O–H groups in total. The second kappa shape index (κ2) is 24.0. The van der Waals surface area contributed by atoms with Gasteiger partial charge in [0.05, 0.1) is 0 Å². The van der Waals surface area contributed by atoms with Crippen molar-refractivity contribution in [1.29, 1.82) is 0 Å². The molecule has 124 valence electrons. The molecule has 22 heavy (non-hydrogen) atoms. The average molecular weight is 301 g/mol. The molecule has 0 aromatic rings. The van der Waals surface area contributed by atoms with Crippen LogP contribution in [-0.4, -0.2) is 0 Å². The lowest BCUT2D eigenvalue weighted by Gasteiger charge is -1.88. The molecular weight excluding hydrogens is 264 g/mol. The van der Waals surface area contributed by atoms with E-state index >= 15 is 0 Å². The largest absolute Gasteiger partial charge is 0.0991 e. The van der Waals surface area contributed by atoms with Crippen LogP contribution in [0.2, 0.25) is 0 Å². The highest BCUT2D eigenvalue weighted by Gasteiger charge is 1.77. The highest BCUT2D eigenvalue weighted by molar-refractivity contribution is 5.19. The van der Waals surface area contributed by atoms with Crippen molar-refractivity contribution >= 4 is 0 Å². The Hall–Kier alpha value is -2.08. The van der Waals surface area contributed by atoms with Gasteiger partial charge >= 0.3 is 0 Å². The maximum absolute atomic E-state index is 3.67. The molecule has 0 radical (unpaired) electrons. The van der Waals surface area contributed by atoms with Crippen molar-refractivity contribution in [2.45, 2.75) is 41.0 Å². The molecule has 0 saturated carbocycles. The van der Waals surface area contributed by atoms with Crippen molar-refractivity contribution in [3.8, 4) is 0 Å². The number of hydrogen-bond donors (Lipinski definition) is 0. The van der Waals surface area contributed by atoms with E-state index in [-0.39, 0.29) is 0 Å². The Balaban J connectivity index is -0.0000000986. The van der Waals surface area contributed by atoms with Crippen molar-refractivity contribution in [1.82, 2.24) is 0 Å². The lowest BCUT2D eigenvalue weighted by molar-refractivity contribution is 1.16. The van der Waals surface area contributed by atoms with Gasteiger partial charge in [-0.3, -0.25) is 0 Å². The summed E-state index contributed by atoms with van der Waals surface area (Å²) in [5, 5.41) is 0. The van der Waals surface area contributed by atoms with E-state index in [1.807, 2.05) is 39.8 Å². The molecule has 0 aromatic carbocycles. The zero-order valence-corrected chi connectivity index (χ0v) is 15.5. The van der Waals surface area contributed by atoms with Crippen LogP contribution in [-0.2, 0) is 0 Å². The third-order valence-electron chi connectivity index (χ3n) is 2.15. The second-order valence-corrected chi connectivity index (χ2v) is 4.59. The summed E-state index contributed by atoms with van der Waals surface area (Å²) in [5.41, 5.74) is 4.25. The molecule has 0 aliphatic heterocycles. The van der Waals surface area contributed by atoms with Gasteiger partial charge in [0.1, 0.15) is 0 Å². The van der Waals surface area contributed by atoms with Crippen LogP contribution >= 0.6 is 0 Å². The van der Waals surface area contributed by atoms with Gasteiger partial charge in [-0.15, -0.1) is 0 Å². The molecule has 0 rings (SSSR count). The molecule has 0 aromatic heterocycles. The van der Waals surface area contributed by atoms with Crippen molar-refractivity contribution in [2.24, 2.45) is 0 Å². The van der Waals surface area contributed by atoms with Gasteiger partial charge in [-0.05, 0) is 34.1 Å². The zero-order valence-electron chi connectivity index (χ0n) is 15.5. The molecular formula is C22H36. The van der Waals surface area contributed by atoms with Crippen molar-refractivity contribution in [2.75, 3.05) is 0 Å². The van der Waals surface area contributed by atoms with Crippen LogP contribution in [0.5, 0.6) is 0 Å². The van der Waals surface area contributed by atoms with Crippen LogP contribution in [0.3, 0.4) is 0 Å². The van der Waals surface area contributed by atoms with E-state index in [4.69, 9.17) is 0 Å². The minimum atomic E-state index is 1.02. The van der Waals surface area contributed by atoms with E-state index < -0.39 is 0 Å². The lowest BCUT2D eigenvalue weighted by atomic mass is 10.2. The normalized spacial score (nSPS) is 7.68. The molecule has 0 spiro atoms. The Morgan fingerprint density at radius 3 is 1.18 bits per heavy atom. The predicted molar refractivity (Wildman–Crippen MR) is 109 cm³/mol. The SMILES string of the molecule is C=C(C)C(=C)C.C=C/C=C/C.C=CC(=C)C.C=CC(=C)CC. The van der Waals surface area contributed by atoms with Gasteiger partial charge in [-0.25, -0.2) is 0 Å². The molecule has 0 aliphatic rings. The molecule has 0 saturated heterocycles. The third-order valence-corrected chi connectivity index (χ3v) is 2.15. The molecule has 0 unspecified atom stereocenters. The fraction of sp³-hybridized carbons (Fsp3) is 0.273. The minimum absolute atomic E-state index is 1.02. The van der Waals surface area contributed by atoms with E-state index in [1.165, 1.54) is 0 Å². The van der Waals surface area contributed by atoms with Gasteiger partial charge in [-0.2, -0.15) is 0 Å². The quantitative estimate of drug-likeness (QED) is 0.455. The number of allylic oxidation sites excluding steroid dienone is 9. The van der Waals surface area contributed by atoms with E-state index in [9.17, 15) is 0 Å². The Kier molecular flexibility index (Phi) is 30.7. The van der Waals surface area contributed by atoms with Crippen molar-refractivity contribution in [3.63, 3.8) is 0 Å². The maximum Gasteiger partial charge on any atom is -0.0314 e. The summed E-state index contributed by atoms with van der Waals surface area (Å²) in [6.07, 6.45) is 10.1. The fourth-order valence-electron chi connectivity index (χ4n) is 0.280. The molecule has 0 aliphatic carbocycles. The number of hydrogen-bond acceptors (Lipinski definition) is 0. The summed E-state index contributed by atoms with van der Waals surface area (Å²) in [6.45, 7) is 34.8. The Bertz CT molecular complexity index is 372. The maximum atomic E-state index is 3.67. The molecule has 0 heterocycles. The van der Waals surface area contributed by atoms with Gasteiger partial charge in [-0.1, -0.05) is 106 Å². The number of rotatable bonds is 5. The summed E-state index contributed by atoms with van der Waals surface area (Å²) in [6, 6.07) is 0. The van der Waals surface area contributed by atoms with Crippen LogP contribution in [0.4, 0.5) is 0 Å². The average Bonchev–Trinajstić information content (AvgIpc) is 2.48. The summed E-state index contributed by atoms with van der Waals surface area (Å²) in [7, 11) is 0. The van der Waals surface area contributed by atoms with Crippen LogP contribution in [0.15, 0.2) is 98.7 Å². The summed E-state index contributed by atoms with van der Waals surface area (Å²) in [4.78, 5) is 0. The van der Waals surface area contributed by atoms with E-state index in [2.05, 4.69) is 53.0 Å². The van der Waals surface area contributed by atoms with Crippen LogP contribution in [0, 0.1) is 0 Å². The molecule has 0 fully saturated rings. The first-order valence-corrected chi connectivity index (χ1v) is 7.27. The van der Waals surface area contributed by atoms with Crippen molar-refractivity contribution < 1.29 is 0 Å². The Morgan fingerprint density at radius 2 is 1.18 bits per heavy atom. The zero-order chi connectivity index (χ0) is 18.6. The Labute approximate surface area is 140 Å². The fourth-order valence-corrected chi connectivity index (χ4v) is 0.280. The first kappa shape index (κ1) is 28.1. The van der Waals surface area contributed by atoms with E-state index in [0.717, 1.165) is 28.7 Å². The van der Waals surface area contributed by atoms with Crippen molar-refractivity contribution in [3.05, 3.63) is 98.7 Å². The smallest absolute Gasteiger partial charge is 0.0314 e. The summed E-state index contributed by atoms with van der Waals surface area (Å²) in [5.74, 6) is 0.